The lowest BCUT2D eigenvalue weighted by Crippen LogP contribution is -2.38. The molecule has 14 heteroatoms. The van der Waals surface area contributed by atoms with Gasteiger partial charge in [-0.2, -0.15) is 18.5 Å². The minimum atomic E-state index is -4.53. The third kappa shape index (κ3) is 4.31. The van der Waals surface area contributed by atoms with Crippen LogP contribution in [0.1, 0.15) is 23.0 Å². The molecule has 2 N–H and O–H groups in total. The van der Waals surface area contributed by atoms with Gasteiger partial charge in [-0.1, -0.05) is 11.6 Å². The van der Waals surface area contributed by atoms with Crippen LogP contribution in [0, 0.1) is 6.92 Å². The number of H-pyrrole nitrogens is 1. The Morgan fingerprint density at radius 3 is 2.64 bits per heavy atom. The van der Waals surface area contributed by atoms with Gasteiger partial charge in [0, 0.05) is 18.8 Å². The van der Waals surface area contributed by atoms with Crippen LogP contribution in [0.3, 0.4) is 0 Å². The standard InChI is InChI=1S/C14H17ClN6O6S/c1-5-27-12(22)9-10(15)19-20-11(9)28(24,25)21(3)14(23)18-13-16-7(2)6-8(17-13)26-4/h6H,5H2,1-4H3,(H,19,20)(H,16,17,18,23). The van der Waals surface area contributed by atoms with Gasteiger partial charge in [0.25, 0.3) is 10.0 Å². The van der Waals surface area contributed by atoms with Crippen LogP contribution in [-0.2, 0) is 14.8 Å². The van der Waals surface area contributed by atoms with Gasteiger partial charge in [0.2, 0.25) is 11.8 Å². The van der Waals surface area contributed by atoms with Crippen molar-refractivity contribution in [2.45, 2.75) is 18.9 Å². The number of anilines is 1. The van der Waals surface area contributed by atoms with Crippen molar-refractivity contribution in [2.24, 2.45) is 0 Å². The quantitative estimate of drug-likeness (QED) is 0.640. The smallest absolute Gasteiger partial charge is 0.344 e. The second kappa shape index (κ2) is 8.39. The fraction of sp³-hybridized carbons (Fsp3) is 0.357. The summed E-state index contributed by atoms with van der Waals surface area (Å²) in [5.41, 5.74) is -0.0192. The summed E-state index contributed by atoms with van der Waals surface area (Å²) in [6.07, 6.45) is 0. The maximum Gasteiger partial charge on any atom is 0.344 e. The van der Waals surface area contributed by atoms with E-state index < -0.39 is 37.8 Å². The van der Waals surface area contributed by atoms with Crippen LogP contribution in [0.2, 0.25) is 5.15 Å². The molecule has 2 aromatic heterocycles. The Morgan fingerprint density at radius 1 is 1.36 bits per heavy atom. The van der Waals surface area contributed by atoms with Crippen LogP contribution in [0.15, 0.2) is 11.1 Å². The molecule has 28 heavy (non-hydrogen) atoms. The summed E-state index contributed by atoms with van der Waals surface area (Å²) in [4.78, 5) is 32.3. The van der Waals surface area contributed by atoms with Gasteiger partial charge in [0.05, 0.1) is 13.7 Å². The van der Waals surface area contributed by atoms with E-state index in [1.807, 2.05) is 0 Å². The number of rotatable bonds is 6. The molecule has 0 aliphatic rings. The molecule has 0 spiro atoms. The van der Waals surface area contributed by atoms with Gasteiger partial charge in [-0.25, -0.2) is 18.9 Å². The van der Waals surface area contributed by atoms with E-state index in [0.717, 1.165) is 7.05 Å². The van der Waals surface area contributed by atoms with E-state index >= 15 is 0 Å². The molecule has 0 aliphatic heterocycles. The normalized spacial score (nSPS) is 11.0. The lowest BCUT2D eigenvalue weighted by atomic mass is 10.4. The van der Waals surface area contributed by atoms with Crippen molar-refractivity contribution in [3.8, 4) is 5.88 Å². The van der Waals surface area contributed by atoms with E-state index in [4.69, 9.17) is 21.1 Å². The van der Waals surface area contributed by atoms with Crippen molar-refractivity contribution >= 4 is 39.6 Å². The lowest BCUT2D eigenvalue weighted by Gasteiger charge is -2.17. The molecule has 0 saturated heterocycles. The van der Waals surface area contributed by atoms with Crippen molar-refractivity contribution in [3.05, 3.63) is 22.5 Å². The number of carbonyl (C=O) groups excluding carboxylic acids is 2. The lowest BCUT2D eigenvalue weighted by molar-refractivity contribution is 0.0522. The monoisotopic (exact) mass is 432 g/mol. The highest BCUT2D eigenvalue weighted by Crippen LogP contribution is 2.24. The number of ether oxygens (including phenoxy) is 2. The fourth-order valence-corrected chi connectivity index (χ4v) is 3.40. The van der Waals surface area contributed by atoms with Crippen molar-refractivity contribution in [1.82, 2.24) is 24.5 Å². The Labute approximate surface area is 165 Å². The van der Waals surface area contributed by atoms with E-state index in [1.54, 1.807) is 6.92 Å². The van der Waals surface area contributed by atoms with Gasteiger partial charge in [0.1, 0.15) is 5.56 Å². The summed E-state index contributed by atoms with van der Waals surface area (Å²) in [7, 11) is -2.17. The topological polar surface area (TPSA) is 156 Å². The number of aromatic nitrogens is 4. The third-order valence-electron chi connectivity index (χ3n) is 3.33. The predicted octanol–water partition coefficient (Wildman–Crippen LogP) is 1.20. The molecule has 2 heterocycles. The molecule has 0 aliphatic carbocycles. The number of aryl methyl sites for hydroxylation is 1. The molecular formula is C14H17ClN6O6S. The predicted molar refractivity (Wildman–Crippen MR) is 96.8 cm³/mol. The molecule has 0 bridgehead atoms. The van der Waals surface area contributed by atoms with Crippen molar-refractivity contribution in [2.75, 3.05) is 26.1 Å². The fourth-order valence-electron chi connectivity index (χ4n) is 1.99. The summed E-state index contributed by atoms with van der Waals surface area (Å²) in [5, 5.41) is 6.79. The molecule has 0 saturated carbocycles. The van der Waals surface area contributed by atoms with Crippen molar-refractivity contribution in [1.29, 1.82) is 0 Å². The van der Waals surface area contributed by atoms with E-state index in [9.17, 15) is 18.0 Å². The minimum absolute atomic E-state index is 0.0112. The summed E-state index contributed by atoms with van der Waals surface area (Å²) in [6, 6.07) is 0.433. The number of halogens is 1. The molecule has 0 aromatic carbocycles. The van der Waals surface area contributed by atoms with Gasteiger partial charge in [-0.15, -0.1) is 0 Å². The number of amides is 2. The maximum atomic E-state index is 12.8. The zero-order valence-electron chi connectivity index (χ0n) is 15.3. The Kier molecular flexibility index (Phi) is 6.41. The van der Waals surface area contributed by atoms with Crippen molar-refractivity contribution in [3.63, 3.8) is 0 Å². The Bertz CT molecular complexity index is 1010. The van der Waals surface area contributed by atoms with Crippen LogP contribution in [0.25, 0.3) is 0 Å². The molecule has 2 aromatic rings. The Hall–Kier alpha value is -2.93. The largest absolute Gasteiger partial charge is 0.481 e. The van der Waals surface area contributed by atoms with Crippen LogP contribution in [0.4, 0.5) is 10.7 Å². The highest BCUT2D eigenvalue weighted by molar-refractivity contribution is 7.89. The summed E-state index contributed by atoms with van der Waals surface area (Å²) >= 11 is 5.79. The van der Waals surface area contributed by atoms with Crippen LogP contribution >= 0.6 is 11.6 Å². The number of hydrogen-bond donors (Lipinski definition) is 2. The molecule has 0 radical (unpaired) electrons. The van der Waals surface area contributed by atoms with E-state index in [-0.39, 0.29) is 18.4 Å². The number of carbonyl (C=O) groups is 2. The highest BCUT2D eigenvalue weighted by atomic mass is 35.5. The van der Waals surface area contributed by atoms with Gasteiger partial charge >= 0.3 is 12.0 Å². The first-order valence-corrected chi connectivity index (χ1v) is 9.54. The van der Waals surface area contributed by atoms with Crippen molar-refractivity contribution < 1.29 is 27.5 Å². The number of sulfonamides is 1. The molecular weight excluding hydrogens is 416 g/mol. The third-order valence-corrected chi connectivity index (χ3v) is 5.30. The molecule has 0 atom stereocenters. The highest BCUT2D eigenvalue weighted by Gasteiger charge is 2.35. The Balaban J connectivity index is 2.33. The average molecular weight is 433 g/mol. The molecule has 2 rings (SSSR count). The number of esters is 1. The van der Waals surface area contributed by atoms with Crippen LogP contribution in [0.5, 0.6) is 5.88 Å². The summed E-state index contributed by atoms with van der Waals surface area (Å²) < 4.78 is 35.6. The summed E-state index contributed by atoms with van der Waals surface area (Å²) in [6.45, 7) is 3.16. The number of nitrogens with zero attached hydrogens (tertiary/aromatic N) is 4. The van der Waals surface area contributed by atoms with Crippen LogP contribution < -0.4 is 10.1 Å². The van der Waals surface area contributed by atoms with E-state index in [2.05, 4.69) is 25.5 Å². The average Bonchev–Trinajstić information content (AvgIpc) is 3.03. The number of urea groups is 1. The molecule has 152 valence electrons. The van der Waals surface area contributed by atoms with E-state index in [0.29, 0.717) is 10.00 Å². The Morgan fingerprint density at radius 2 is 2.04 bits per heavy atom. The zero-order valence-corrected chi connectivity index (χ0v) is 16.9. The van der Waals surface area contributed by atoms with E-state index in [1.165, 1.54) is 20.1 Å². The minimum Gasteiger partial charge on any atom is -0.481 e. The number of aromatic amines is 1. The van der Waals surface area contributed by atoms with Gasteiger partial charge in [-0.05, 0) is 13.8 Å². The summed E-state index contributed by atoms with van der Waals surface area (Å²) in [5.74, 6) is -0.990. The first-order chi connectivity index (χ1) is 13.1. The first kappa shape index (κ1) is 21.4. The van der Waals surface area contributed by atoms with Gasteiger partial charge in [0.15, 0.2) is 10.2 Å². The number of methoxy groups -OCH3 is 1. The molecule has 2 amide bonds. The van der Waals surface area contributed by atoms with Gasteiger partial charge in [-0.3, -0.25) is 10.4 Å². The maximum absolute atomic E-state index is 12.8. The van der Waals surface area contributed by atoms with Gasteiger partial charge < -0.3 is 9.47 Å². The molecule has 0 fully saturated rings. The first-order valence-electron chi connectivity index (χ1n) is 7.72. The second-order valence-electron chi connectivity index (χ2n) is 5.22. The SMILES string of the molecule is CCOC(=O)c1c(Cl)n[nH]c1S(=O)(=O)N(C)C(=O)Nc1nc(C)cc(OC)n1. The number of nitrogens with one attached hydrogen (secondary N) is 2. The van der Waals surface area contributed by atoms with Crippen LogP contribution in [-0.4, -0.2) is 65.7 Å². The number of hydrogen-bond acceptors (Lipinski definition) is 9. The zero-order chi connectivity index (χ0) is 21.1. The molecule has 12 nitrogen and oxygen atoms in total. The molecule has 0 unspecified atom stereocenters. The second-order valence-corrected chi connectivity index (χ2v) is 7.48.